The van der Waals surface area contributed by atoms with Crippen LogP contribution in [0.5, 0.6) is 0 Å². The van der Waals surface area contributed by atoms with Crippen molar-refractivity contribution in [2.24, 2.45) is 10.2 Å². The van der Waals surface area contributed by atoms with E-state index in [0.717, 1.165) is 89.0 Å². The summed E-state index contributed by atoms with van der Waals surface area (Å²) < 4.78 is 10.0. The van der Waals surface area contributed by atoms with Gasteiger partial charge in [0.15, 0.2) is 35.9 Å². The zero-order valence-corrected chi connectivity index (χ0v) is 43.7. The molecule has 0 spiro atoms. The van der Waals surface area contributed by atoms with Gasteiger partial charge >= 0.3 is 0 Å². The molecule has 5 aliphatic heterocycles. The van der Waals surface area contributed by atoms with Gasteiger partial charge in [0, 0.05) is 88.6 Å². The van der Waals surface area contributed by atoms with E-state index < -0.39 is 0 Å². The fraction of sp³-hybridized carbons (Fsp3) is 0.217. The number of hydrogen-bond donors (Lipinski definition) is 0. The summed E-state index contributed by atoms with van der Waals surface area (Å²) >= 11 is 0. The summed E-state index contributed by atoms with van der Waals surface area (Å²) in [6, 6.07) is 72.1. The molecule has 0 N–H and O–H groups in total. The molecular weight excluding hydrogens is 927 g/mol. The van der Waals surface area contributed by atoms with E-state index in [1.54, 1.807) is 0 Å². The molecule has 0 radical (unpaired) electrons. The number of para-hydroxylation sites is 5. The average Bonchev–Trinajstić information content (AvgIpc) is 4.31. The largest absolute Gasteiger partial charge is 0.323 e. The molecule has 76 heavy (non-hydrogen) atoms. The van der Waals surface area contributed by atoms with E-state index in [1.807, 2.05) is 0 Å². The first kappa shape index (κ1) is 46.1. The summed E-state index contributed by atoms with van der Waals surface area (Å²) in [5.74, 6) is 1.17. The van der Waals surface area contributed by atoms with Gasteiger partial charge in [-0.1, -0.05) is 164 Å². The lowest BCUT2D eigenvalue weighted by molar-refractivity contribution is -0.456. The number of nitrogens with zero attached hydrogens (tertiary/aromatic N) is 7. The number of hydrogen-bond acceptors (Lipinski definition) is 2. The van der Waals surface area contributed by atoms with E-state index in [2.05, 4.69) is 231 Å². The van der Waals surface area contributed by atoms with Crippen LogP contribution in [-0.2, 0) is 64.6 Å². The van der Waals surface area contributed by atoms with Crippen LogP contribution in [0.25, 0.3) is 0 Å². The Balaban J connectivity index is 0.695. The summed E-state index contributed by atoms with van der Waals surface area (Å²) in [6.07, 6.45) is 8.45. The quantitative estimate of drug-likeness (QED) is 0.0838. The predicted octanol–water partition coefficient (Wildman–Crippen LogP) is 13.0. The molecule has 0 amide bonds. The zero-order chi connectivity index (χ0) is 50.7. The molecule has 1 aliphatic carbocycles. The van der Waals surface area contributed by atoms with Crippen LogP contribution in [0.4, 0.5) is 28.4 Å². The highest BCUT2D eigenvalue weighted by atomic mass is 15.3. The number of benzene rings is 8. The highest BCUT2D eigenvalue weighted by Crippen LogP contribution is 2.38. The maximum atomic E-state index is 5.23. The minimum Gasteiger partial charge on any atom is -0.323 e. The van der Waals surface area contributed by atoms with Gasteiger partial charge in [0.25, 0.3) is 0 Å². The summed E-state index contributed by atoms with van der Waals surface area (Å²) in [7, 11) is 4.47. The van der Waals surface area contributed by atoms with Crippen molar-refractivity contribution < 1.29 is 18.3 Å². The fourth-order valence-electron chi connectivity index (χ4n) is 13.3. The Morgan fingerprint density at radius 2 is 0.829 bits per heavy atom. The second-order valence-electron chi connectivity index (χ2n) is 21.9. The van der Waals surface area contributed by atoms with Gasteiger partial charge in [-0.15, -0.1) is 5.10 Å². The van der Waals surface area contributed by atoms with Crippen LogP contribution in [0.1, 0.15) is 80.0 Å². The fourth-order valence-corrected chi connectivity index (χ4v) is 13.3. The van der Waals surface area contributed by atoms with E-state index in [-0.39, 0.29) is 5.92 Å². The van der Waals surface area contributed by atoms with Crippen molar-refractivity contribution in [1.29, 1.82) is 0 Å². The first-order valence-electron chi connectivity index (χ1n) is 27.4. The van der Waals surface area contributed by atoms with Gasteiger partial charge in [0.1, 0.15) is 32.8 Å². The van der Waals surface area contributed by atoms with Crippen LogP contribution >= 0.6 is 0 Å². The highest BCUT2D eigenvalue weighted by molar-refractivity contribution is 6.07. The Morgan fingerprint density at radius 1 is 0.395 bits per heavy atom. The van der Waals surface area contributed by atoms with Crippen molar-refractivity contribution in [3.05, 3.63) is 255 Å². The molecule has 370 valence electrons. The average molecular weight is 990 g/mol. The number of amidine groups is 1. The molecule has 1 atom stereocenters. The van der Waals surface area contributed by atoms with Crippen LogP contribution in [0, 0.1) is 0 Å². The Hall–Kier alpha value is -8.42. The molecule has 14 rings (SSSR count). The van der Waals surface area contributed by atoms with Gasteiger partial charge in [-0.3, -0.25) is 0 Å². The van der Waals surface area contributed by atoms with Gasteiger partial charge in [-0.05, 0) is 40.3 Å². The normalized spacial score (nSPS) is 18.1. The molecular formula is C69H63N7+4. The summed E-state index contributed by atoms with van der Waals surface area (Å²) in [6.45, 7) is 2.44. The van der Waals surface area contributed by atoms with Gasteiger partial charge in [0.05, 0.1) is 31.4 Å². The lowest BCUT2D eigenvalue weighted by Crippen LogP contribution is -2.26. The SMILES string of the molecule is C[N+]1=C(CC2=[N+](Cc3ccc(CC4/C(=N\N=C5\Cc6ccccc6N5Cc5ccc(C[N+]6=C(CC7=[N+](C)c8ccccc8C7)Cc7ccccc76)cc5)Cc5ccccc54)cc3)c3ccccc3C2)Cc2ccccc21. The highest BCUT2D eigenvalue weighted by Gasteiger charge is 2.38. The van der Waals surface area contributed by atoms with Crippen LogP contribution in [-0.4, -0.2) is 66.8 Å². The van der Waals surface area contributed by atoms with Crippen molar-refractivity contribution in [3.63, 3.8) is 0 Å². The molecule has 6 aliphatic rings. The topological polar surface area (TPSA) is 40.0 Å². The van der Waals surface area contributed by atoms with E-state index >= 15 is 0 Å². The van der Waals surface area contributed by atoms with Crippen LogP contribution in [0.2, 0.25) is 0 Å². The maximum absolute atomic E-state index is 5.23. The molecule has 0 saturated heterocycles. The standard InChI is InChI=1S/C69H63N7/c1-72-57(36-52-16-4-10-22-64(52)72)42-59-38-54-18-6-12-24-66(54)74(59)44-48-29-27-47(28-30-48)35-62-61-21-9-3-15-51(61)40-63(62)70-71-69-41-56-20-8-14-26-68(56)76(69)46-50-33-31-49(32-34-50)45-75-60(39-55-19-7-13-25-67(55)75)43-58-37-53-17-5-11-23-65(53)73(58)2/h3-34,62H,35-46H2,1-2H3/q+4/b70-63-,71-69-. The van der Waals surface area contributed by atoms with Crippen molar-refractivity contribution in [2.45, 2.75) is 83.3 Å². The third kappa shape index (κ3) is 8.58. The molecule has 7 heteroatoms. The lowest BCUT2D eigenvalue weighted by Gasteiger charge is -2.20. The number of rotatable bonds is 13. The Kier molecular flexibility index (Phi) is 11.8. The smallest absolute Gasteiger partial charge is 0.209 e. The monoisotopic (exact) mass is 990 g/mol. The summed E-state index contributed by atoms with van der Waals surface area (Å²) in [5, 5.41) is 10.4. The van der Waals surface area contributed by atoms with Gasteiger partial charge in [0.2, 0.25) is 22.7 Å². The van der Waals surface area contributed by atoms with Crippen LogP contribution in [0.3, 0.4) is 0 Å². The molecule has 0 saturated carbocycles. The van der Waals surface area contributed by atoms with E-state index in [1.165, 1.54) is 112 Å². The lowest BCUT2D eigenvalue weighted by atomic mass is 9.92. The third-order valence-corrected chi connectivity index (χ3v) is 17.3. The van der Waals surface area contributed by atoms with Crippen molar-refractivity contribution in [2.75, 3.05) is 19.0 Å². The first-order chi connectivity index (χ1) is 37.4. The molecule has 1 unspecified atom stereocenters. The zero-order valence-electron chi connectivity index (χ0n) is 43.7. The van der Waals surface area contributed by atoms with Gasteiger partial charge in [-0.25, -0.2) is 9.15 Å². The second kappa shape index (κ2) is 19.4. The third-order valence-electron chi connectivity index (χ3n) is 17.3. The van der Waals surface area contributed by atoms with Gasteiger partial charge in [-0.2, -0.15) is 14.3 Å². The second-order valence-corrected chi connectivity index (χ2v) is 21.9. The molecule has 7 nitrogen and oxygen atoms in total. The van der Waals surface area contributed by atoms with Crippen molar-refractivity contribution in [3.8, 4) is 0 Å². The molecule has 0 aromatic heterocycles. The molecule has 0 fully saturated rings. The van der Waals surface area contributed by atoms with Crippen LogP contribution < -0.4 is 4.90 Å². The minimum atomic E-state index is 0.167. The van der Waals surface area contributed by atoms with E-state index in [9.17, 15) is 0 Å². The minimum absolute atomic E-state index is 0.167. The first-order valence-corrected chi connectivity index (χ1v) is 27.4. The predicted molar refractivity (Wildman–Crippen MR) is 309 cm³/mol. The Morgan fingerprint density at radius 3 is 1.38 bits per heavy atom. The molecule has 0 bridgehead atoms. The van der Waals surface area contributed by atoms with Crippen LogP contribution in [0.15, 0.2) is 204 Å². The number of anilines is 1. The molecule has 8 aromatic carbocycles. The van der Waals surface area contributed by atoms with Crippen molar-refractivity contribution >= 4 is 62.8 Å². The van der Waals surface area contributed by atoms with Gasteiger partial charge < -0.3 is 4.90 Å². The van der Waals surface area contributed by atoms with E-state index in [0.29, 0.717) is 0 Å². The van der Waals surface area contributed by atoms with E-state index in [4.69, 9.17) is 10.2 Å². The number of fused-ring (bicyclic) bond motifs is 6. The van der Waals surface area contributed by atoms with Crippen molar-refractivity contribution in [1.82, 2.24) is 0 Å². The Bertz CT molecular complexity index is 3590. The molecule has 5 heterocycles. The Labute approximate surface area is 446 Å². The summed E-state index contributed by atoms with van der Waals surface area (Å²) in [4.78, 5) is 2.39. The molecule has 8 aromatic rings. The maximum Gasteiger partial charge on any atom is 0.209 e. The summed E-state index contributed by atoms with van der Waals surface area (Å²) in [5.41, 5.74) is 28.6.